The molecule has 2 aromatic carbocycles. The number of hydrogen-bond acceptors (Lipinski definition) is 3. The van der Waals surface area contributed by atoms with Crippen molar-refractivity contribution >= 4 is 10.9 Å². The molecule has 1 heterocycles. The van der Waals surface area contributed by atoms with Gasteiger partial charge in [0.05, 0.1) is 11.2 Å². The van der Waals surface area contributed by atoms with Crippen molar-refractivity contribution in [3.05, 3.63) is 54.6 Å². The van der Waals surface area contributed by atoms with E-state index in [0.29, 0.717) is 5.52 Å². The largest absolute Gasteiger partial charge is 0.507 e. The molecule has 3 nitrogen and oxygen atoms in total. The Bertz CT molecular complexity index is 672. The van der Waals surface area contributed by atoms with Crippen molar-refractivity contribution in [1.29, 1.82) is 0 Å². The molecular weight excluding hydrogens is 349 g/mol. The second kappa shape index (κ2) is 11.3. The molecule has 4 heteroatoms. The van der Waals surface area contributed by atoms with Crippen LogP contribution in [-0.4, -0.2) is 15.3 Å². The monoisotopic (exact) mass is 371 g/mol. The molecule has 0 atom stereocenters. The summed E-state index contributed by atoms with van der Waals surface area (Å²) in [4.78, 5) is 0. The summed E-state index contributed by atoms with van der Waals surface area (Å²) < 4.78 is 0. The van der Waals surface area contributed by atoms with Gasteiger partial charge in [0.1, 0.15) is 5.75 Å². The molecule has 0 amide bonds. The van der Waals surface area contributed by atoms with Gasteiger partial charge in [0, 0.05) is 43.7 Å². The van der Waals surface area contributed by atoms with E-state index in [1.54, 1.807) is 12.1 Å². The molecule has 0 bridgehead atoms. The van der Waals surface area contributed by atoms with Crippen LogP contribution in [0.25, 0.3) is 22.2 Å². The molecule has 0 fully saturated rings. The van der Waals surface area contributed by atoms with Crippen molar-refractivity contribution in [2.24, 2.45) is 0 Å². The molecule has 3 aromatic rings. The summed E-state index contributed by atoms with van der Waals surface area (Å²) in [5.74, 6) is 0.231. The van der Waals surface area contributed by atoms with Gasteiger partial charge in [-0.2, -0.15) is 0 Å². The Morgan fingerprint density at radius 3 is 2.05 bits per heavy atom. The van der Waals surface area contributed by atoms with Gasteiger partial charge in [-0.05, 0) is 18.2 Å². The third kappa shape index (κ3) is 5.15. The fraction of sp³-hybridized carbons (Fsp3) is 0.222. The molecule has 113 valence electrons. The second-order valence-electron chi connectivity index (χ2n) is 3.81. The summed E-state index contributed by atoms with van der Waals surface area (Å²) >= 11 is 0. The van der Waals surface area contributed by atoms with Crippen LogP contribution < -0.4 is 0 Å². The van der Waals surface area contributed by atoms with Gasteiger partial charge in [0.2, 0.25) is 0 Å². The van der Waals surface area contributed by atoms with Crippen molar-refractivity contribution in [2.45, 2.75) is 27.7 Å². The number of fused-ring (bicyclic) bond motifs is 1. The molecule has 22 heavy (non-hydrogen) atoms. The van der Waals surface area contributed by atoms with E-state index in [4.69, 9.17) is 0 Å². The Balaban J connectivity index is 0.000000819. The summed E-state index contributed by atoms with van der Waals surface area (Å²) in [5.41, 5.74) is 2.45. The van der Waals surface area contributed by atoms with E-state index >= 15 is 0 Å². The molecule has 1 radical (unpaired) electrons. The standard InChI is InChI=1S/C14H10N2O.2C2H6.Y/c17-14-8-4-7-12-11(14)9-13(16-15-12)10-5-2-1-3-6-10;2*1-2;/h1-9,17H;2*1-2H3;. The third-order valence-corrected chi connectivity index (χ3v) is 2.68. The number of rotatable bonds is 1. The van der Waals surface area contributed by atoms with Crippen LogP contribution in [0.5, 0.6) is 5.75 Å². The number of benzene rings is 2. The average Bonchev–Trinajstić information content (AvgIpc) is 2.59. The van der Waals surface area contributed by atoms with E-state index in [1.807, 2.05) is 70.2 Å². The van der Waals surface area contributed by atoms with Crippen molar-refractivity contribution in [3.8, 4) is 17.0 Å². The van der Waals surface area contributed by atoms with E-state index in [2.05, 4.69) is 10.2 Å². The molecule has 0 unspecified atom stereocenters. The Morgan fingerprint density at radius 1 is 0.773 bits per heavy atom. The van der Waals surface area contributed by atoms with Gasteiger partial charge in [-0.15, -0.1) is 10.2 Å². The van der Waals surface area contributed by atoms with Crippen LogP contribution in [0, 0.1) is 0 Å². The summed E-state index contributed by atoms with van der Waals surface area (Å²) in [6, 6.07) is 16.9. The van der Waals surface area contributed by atoms with Crippen LogP contribution >= 0.6 is 0 Å². The van der Waals surface area contributed by atoms with Gasteiger partial charge in [-0.3, -0.25) is 0 Å². The Morgan fingerprint density at radius 2 is 1.41 bits per heavy atom. The van der Waals surface area contributed by atoms with Gasteiger partial charge in [0.25, 0.3) is 0 Å². The van der Waals surface area contributed by atoms with Gasteiger partial charge < -0.3 is 5.11 Å². The maximum Gasteiger partial charge on any atom is 0.125 e. The molecule has 0 saturated heterocycles. The zero-order chi connectivity index (χ0) is 15.7. The minimum atomic E-state index is 0. The number of phenols is 1. The molecule has 1 aromatic heterocycles. The predicted octanol–water partition coefficient (Wildman–Crippen LogP) is 5.05. The number of nitrogens with zero attached hydrogens (tertiary/aromatic N) is 2. The Kier molecular flexibility index (Phi) is 10.6. The molecular formula is C18H22N2OY. The van der Waals surface area contributed by atoms with Crippen LogP contribution in [0.3, 0.4) is 0 Å². The van der Waals surface area contributed by atoms with Crippen LogP contribution in [0.2, 0.25) is 0 Å². The van der Waals surface area contributed by atoms with E-state index < -0.39 is 0 Å². The van der Waals surface area contributed by atoms with Crippen molar-refractivity contribution in [3.63, 3.8) is 0 Å². The minimum absolute atomic E-state index is 0. The normalized spacial score (nSPS) is 8.73. The molecule has 3 rings (SSSR count). The average molecular weight is 371 g/mol. The SMILES string of the molecule is CC.CC.Oc1cccc2nnc(-c3ccccc3)cc12.[Y]. The molecule has 0 spiro atoms. The predicted molar refractivity (Wildman–Crippen MR) is 89.3 cm³/mol. The third-order valence-electron chi connectivity index (χ3n) is 2.68. The van der Waals surface area contributed by atoms with Gasteiger partial charge in [-0.25, -0.2) is 0 Å². The number of aromatic nitrogens is 2. The molecule has 1 N–H and O–H groups in total. The number of phenolic OH excluding ortho intramolecular Hbond substituents is 1. The molecule has 0 saturated carbocycles. The summed E-state index contributed by atoms with van der Waals surface area (Å²) in [7, 11) is 0. The van der Waals surface area contributed by atoms with Crippen molar-refractivity contribution in [1.82, 2.24) is 10.2 Å². The number of aromatic hydroxyl groups is 1. The van der Waals surface area contributed by atoms with Crippen LogP contribution in [0.4, 0.5) is 0 Å². The van der Waals surface area contributed by atoms with Crippen LogP contribution in [0.15, 0.2) is 54.6 Å². The first-order valence-electron chi connectivity index (χ1n) is 7.35. The van der Waals surface area contributed by atoms with Crippen molar-refractivity contribution in [2.75, 3.05) is 0 Å². The maximum atomic E-state index is 9.77. The quantitative estimate of drug-likeness (QED) is 0.651. The van der Waals surface area contributed by atoms with Gasteiger partial charge in [-0.1, -0.05) is 64.1 Å². The van der Waals surface area contributed by atoms with E-state index in [-0.39, 0.29) is 38.5 Å². The van der Waals surface area contributed by atoms with E-state index in [0.717, 1.165) is 16.6 Å². The fourth-order valence-corrected chi connectivity index (χ4v) is 1.80. The fourth-order valence-electron chi connectivity index (χ4n) is 1.80. The first-order chi connectivity index (χ1) is 10.3. The second-order valence-corrected chi connectivity index (χ2v) is 3.81. The molecule has 0 aliphatic carbocycles. The number of hydrogen-bond donors (Lipinski definition) is 1. The van der Waals surface area contributed by atoms with Crippen LogP contribution in [-0.2, 0) is 32.7 Å². The topological polar surface area (TPSA) is 46.0 Å². The minimum Gasteiger partial charge on any atom is -0.507 e. The summed E-state index contributed by atoms with van der Waals surface area (Å²) in [6.45, 7) is 8.00. The first kappa shape index (κ1) is 20.7. The summed E-state index contributed by atoms with van der Waals surface area (Å²) in [6.07, 6.45) is 0. The first-order valence-corrected chi connectivity index (χ1v) is 7.35. The van der Waals surface area contributed by atoms with Gasteiger partial charge in [0.15, 0.2) is 0 Å². The van der Waals surface area contributed by atoms with E-state index in [9.17, 15) is 5.11 Å². The van der Waals surface area contributed by atoms with Gasteiger partial charge >= 0.3 is 0 Å². The Labute approximate surface area is 157 Å². The smallest absolute Gasteiger partial charge is 0.125 e. The molecule has 0 aliphatic rings. The van der Waals surface area contributed by atoms with Crippen LogP contribution in [0.1, 0.15) is 27.7 Å². The maximum absolute atomic E-state index is 9.77. The Hall–Kier alpha value is -1.32. The zero-order valence-corrected chi connectivity index (χ0v) is 16.5. The van der Waals surface area contributed by atoms with Crippen molar-refractivity contribution < 1.29 is 37.8 Å². The zero-order valence-electron chi connectivity index (χ0n) is 13.6. The van der Waals surface area contributed by atoms with E-state index in [1.165, 1.54) is 0 Å². The molecule has 0 aliphatic heterocycles. The summed E-state index contributed by atoms with van der Waals surface area (Å²) in [5, 5.41) is 18.8.